The Kier molecular flexibility index (Phi) is 4.56. The first-order valence-corrected chi connectivity index (χ1v) is 8.84. The summed E-state index contributed by atoms with van der Waals surface area (Å²) in [6, 6.07) is 7.22. The minimum Gasteiger partial charge on any atom is -0.300 e. The summed E-state index contributed by atoms with van der Waals surface area (Å²) in [4.78, 5) is 31.0. The molecule has 0 atom stereocenters. The highest BCUT2D eigenvalue weighted by atomic mass is 35.5. The van der Waals surface area contributed by atoms with Gasteiger partial charge in [-0.15, -0.1) is 11.3 Å². The maximum absolute atomic E-state index is 13.0. The molecule has 0 saturated carbocycles. The summed E-state index contributed by atoms with van der Waals surface area (Å²) in [7, 11) is 0. The van der Waals surface area contributed by atoms with Crippen molar-refractivity contribution in [3.63, 3.8) is 0 Å². The first-order valence-electron chi connectivity index (χ1n) is 7.64. The third-order valence-electron chi connectivity index (χ3n) is 4.08. The molecule has 0 fully saturated rings. The summed E-state index contributed by atoms with van der Waals surface area (Å²) in [5, 5.41) is 1.28. The van der Waals surface area contributed by atoms with Crippen LogP contribution in [0.3, 0.4) is 0 Å². The standard InChI is InChI=1S/C18H17ClN2O2S/c1-10(22)8-9-21-16(13-4-6-14(19)7-5-13)20-17-15(18(21)23)11(2)12(3)24-17/h4-7H,8-9H2,1-3H3. The molecule has 0 N–H and O–H groups in total. The van der Waals surface area contributed by atoms with Crippen LogP contribution in [0, 0.1) is 13.8 Å². The molecule has 124 valence electrons. The van der Waals surface area contributed by atoms with Crippen molar-refractivity contribution in [2.45, 2.75) is 33.7 Å². The predicted molar refractivity (Wildman–Crippen MR) is 99.1 cm³/mol. The summed E-state index contributed by atoms with van der Waals surface area (Å²) in [6.45, 7) is 5.78. The molecule has 6 heteroatoms. The maximum atomic E-state index is 13.0. The average molecular weight is 361 g/mol. The Bertz CT molecular complexity index is 987. The van der Waals surface area contributed by atoms with Crippen molar-refractivity contribution in [2.75, 3.05) is 0 Å². The van der Waals surface area contributed by atoms with E-state index in [1.807, 2.05) is 26.0 Å². The number of fused-ring (bicyclic) bond motifs is 1. The number of Topliss-reactive ketones (excluding diaryl/α,β-unsaturated/α-hetero) is 1. The largest absolute Gasteiger partial charge is 0.300 e. The van der Waals surface area contributed by atoms with E-state index in [1.54, 1.807) is 16.7 Å². The number of ketones is 1. The van der Waals surface area contributed by atoms with Crippen LogP contribution in [-0.4, -0.2) is 15.3 Å². The van der Waals surface area contributed by atoms with E-state index in [1.165, 1.54) is 18.3 Å². The van der Waals surface area contributed by atoms with Gasteiger partial charge in [-0.3, -0.25) is 14.2 Å². The number of hydrogen-bond acceptors (Lipinski definition) is 4. The molecular formula is C18H17ClN2O2S. The van der Waals surface area contributed by atoms with Crippen molar-refractivity contribution in [3.05, 3.63) is 50.1 Å². The van der Waals surface area contributed by atoms with Gasteiger partial charge >= 0.3 is 0 Å². The molecule has 0 unspecified atom stereocenters. The number of rotatable bonds is 4. The van der Waals surface area contributed by atoms with Gasteiger partial charge in [0.15, 0.2) is 0 Å². The van der Waals surface area contributed by atoms with E-state index in [0.29, 0.717) is 29.2 Å². The van der Waals surface area contributed by atoms with Gasteiger partial charge in [-0.1, -0.05) is 11.6 Å². The highest BCUT2D eigenvalue weighted by Crippen LogP contribution is 2.29. The molecule has 0 saturated heterocycles. The topological polar surface area (TPSA) is 52.0 Å². The van der Waals surface area contributed by atoms with Crippen LogP contribution in [0.2, 0.25) is 5.02 Å². The molecule has 0 amide bonds. The molecule has 4 nitrogen and oxygen atoms in total. The van der Waals surface area contributed by atoms with E-state index in [-0.39, 0.29) is 11.3 Å². The zero-order valence-corrected chi connectivity index (χ0v) is 15.3. The van der Waals surface area contributed by atoms with Crippen LogP contribution in [0.1, 0.15) is 23.8 Å². The van der Waals surface area contributed by atoms with Gasteiger partial charge in [0.25, 0.3) is 5.56 Å². The lowest BCUT2D eigenvalue weighted by atomic mass is 10.1. The fourth-order valence-electron chi connectivity index (χ4n) is 2.62. The molecule has 3 aromatic rings. The fraction of sp³-hybridized carbons (Fsp3) is 0.278. The van der Waals surface area contributed by atoms with E-state index in [4.69, 9.17) is 16.6 Å². The lowest BCUT2D eigenvalue weighted by Gasteiger charge is -2.12. The Morgan fingerprint density at radius 2 is 1.92 bits per heavy atom. The summed E-state index contributed by atoms with van der Waals surface area (Å²) in [5.74, 6) is 0.619. The van der Waals surface area contributed by atoms with Gasteiger partial charge in [-0.2, -0.15) is 0 Å². The van der Waals surface area contributed by atoms with E-state index in [0.717, 1.165) is 20.8 Å². The van der Waals surface area contributed by atoms with Crippen LogP contribution >= 0.6 is 22.9 Å². The molecule has 0 spiro atoms. The molecule has 0 aliphatic rings. The molecule has 0 bridgehead atoms. The Morgan fingerprint density at radius 1 is 1.25 bits per heavy atom. The van der Waals surface area contributed by atoms with Crippen LogP contribution in [0.4, 0.5) is 0 Å². The number of carbonyl (C=O) groups is 1. The number of aryl methyl sites for hydroxylation is 2. The smallest absolute Gasteiger partial charge is 0.262 e. The summed E-state index contributed by atoms with van der Waals surface area (Å²) >= 11 is 7.48. The van der Waals surface area contributed by atoms with Crippen LogP contribution < -0.4 is 5.56 Å². The van der Waals surface area contributed by atoms with Crippen LogP contribution in [0.25, 0.3) is 21.6 Å². The number of halogens is 1. The lowest BCUT2D eigenvalue weighted by molar-refractivity contribution is -0.117. The van der Waals surface area contributed by atoms with Crippen molar-refractivity contribution >= 4 is 38.9 Å². The molecule has 3 rings (SSSR count). The van der Waals surface area contributed by atoms with Crippen molar-refractivity contribution < 1.29 is 4.79 Å². The highest BCUT2D eigenvalue weighted by molar-refractivity contribution is 7.18. The second-order valence-corrected chi connectivity index (χ2v) is 7.45. The summed E-state index contributed by atoms with van der Waals surface area (Å²) in [5.41, 5.74) is 1.69. The monoisotopic (exact) mass is 360 g/mol. The Labute approximate surface area is 148 Å². The molecular weight excluding hydrogens is 344 g/mol. The maximum Gasteiger partial charge on any atom is 0.262 e. The highest BCUT2D eigenvalue weighted by Gasteiger charge is 2.17. The van der Waals surface area contributed by atoms with Crippen LogP contribution in [-0.2, 0) is 11.3 Å². The number of nitrogens with zero attached hydrogens (tertiary/aromatic N) is 2. The normalized spacial score (nSPS) is 11.2. The molecule has 0 aliphatic carbocycles. The second kappa shape index (κ2) is 6.49. The number of thiophene rings is 1. The van der Waals surface area contributed by atoms with Gasteiger partial charge in [-0.25, -0.2) is 4.98 Å². The third-order valence-corrected chi connectivity index (χ3v) is 5.43. The zero-order chi connectivity index (χ0) is 17.4. The van der Waals surface area contributed by atoms with Gasteiger partial charge in [-0.05, 0) is 50.6 Å². The van der Waals surface area contributed by atoms with Gasteiger partial charge in [0.2, 0.25) is 0 Å². The Hall–Kier alpha value is -1.98. The number of hydrogen-bond donors (Lipinski definition) is 0. The Morgan fingerprint density at radius 3 is 2.54 bits per heavy atom. The molecule has 24 heavy (non-hydrogen) atoms. The van der Waals surface area contributed by atoms with Crippen molar-refractivity contribution in [1.29, 1.82) is 0 Å². The predicted octanol–water partition coefficient (Wildman–Crippen LogP) is 4.37. The molecule has 0 radical (unpaired) electrons. The lowest BCUT2D eigenvalue weighted by Crippen LogP contribution is -2.24. The molecule has 1 aromatic carbocycles. The van der Waals surface area contributed by atoms with Crippen molar-refractivity contribution in [2.24, 2.45) is 0 Å². The first kappa shape index (κ1) is 16.9. The average Bonchev–Trinajstić information content (AvgIpc) is 2.81. The SMILES string of the molecule is CC(=O)CCn1c(-c2ccc(Cl)cc2)nc2sc(C)c(C)c2c1=O. The van der Waals surface area contributed by atoms with Crippen LogP contribution in [0.15, 0.2) is 29.1 Å². The fourth-order valence-corrected chi connectivity index (χ4v) is 3.77. The quantitative estimate of drug-likeness (QED) is 0.694. The molecule has 0 aliphatic heterocycles. The summed E-state index contributed by atoms with van der Waals surface area (Å²) < 4.78 is 1.60. The first-order chi connectivity index (χ1) is 11.4. The number of benzene rings is 1. The zero-order valence-electron chi connectivity index (χ0n) is 13.7. The van der Waals surface area contributed by atoms with E-state index < -0.39 is 0 Å². The van der Waals surface area contributed by atoms with Gasteiger partial charge in [0.1, 0.15) is 16.4 Å². The van der Waals surface area contributed by atoms with Crippen molar-refractivity contribution in [3.8, 4) is 11.4 Å². The minimum absolute atomic E-state index is 0.0438. The van der Waals surface area contributed by atoms with E-state index in [2.05, 4.69) is 0 Å². The van der Waals surface area contributed by atoms with Crippen LogP contribution in [0.5, 0.6) is 0 Å². The van der Waals surface area contributed by atoms with E-state index >= 15 is 0 Å². The molecule has 2 heterocycles. The third kappa shape index (κ3) is 3.01. The minimum atomic E-state index is -0.0898. The number of aromatic nitrogens is 2. The molecule has 2 aromatic heterocycles. The van der Waals surface area contributed by atoms with Gasteiger partial charge in [0.05, 0.1) is 5.39 Å². The number of carbonyl (C=O) groups excluding carboxylic acids is 1. The second-order valence-electron chi connectivity index (χ2n) is 5.81. The van der Waals surface area contributed by atoms with Gasteiger partial charge in [0, 0.05) is 28.4 Å². The Balaban J connectivity index is 2.29. The van der Waals surface area contributed by atoms with E-state index in [9.17, 15) is 9.59 Å². The van der Waals surface area contributed by atoms with Crippen molar-refractivity contribution in [1.82, 2.24) is 9.55 Å². The summed E-state index contributed by atoms with van der Waals surface area (Å²) in [6.07, 6.45) is 0.301. The van der Waals surface area contributed by atoms with Gasteiger partial charge < -0.3 is 0 Å².